The van der Waals surface area contributed by atoms with Gasteiger partial charge in [0, 0.05) is 26.6 Å². The van der Waals surface area contributed by atoms with Crippen LogP contribution in [0.1, 0.15) is 96.1 Å². The van der Waals surface area contributed by atoms with Crippen LogP contribution in [0.3, 0.4) is 0 Å². The summed E-state index contributed by atoms with van der Waals surface area (Å²) < 4.78 is 0. The van der Waals surface area contributed by atoms with E-state index >= 15 is 0 Å². The molecule has 482 valence electrons. The number of nitrogens with one attached hydrogen (secondary N) is 7. The molecule has 87 heavy (non-hydrogen) atoms. The summed E-state index contributed by atoms with van der Waals surface area (Å²) in [7, 11) is 1.16. The van der Waals surface area contributed by atoms with Crippen LogP contribution < -0.4 is 60.2 Å². The number of carboxylic acid groups (broad SMARTS) is 2. The second kappa shape index (κ2) is 37.5. The van der Waals surface area contributed by atoms with Gasteiger partial charge in [-0.05, 0) is 119 Å². The van der Waals surface area contributed by atoms with Crippen LogP contribution in [0.2, 0.25) is 0 Å². The molecule has 1 aliphatic heterocycles. The molecule has 10 atom stereocenters. The summed E-state index contributed by atoms with van der Waals surface area (Å²) >= 11 is 1.33. The van der Waals surface area contributed by atoms with Crippen LogP contribution in [-0.2, 0) is 65.6 Å². The summed E-state index contributed by atoms with van der Waals surface area (Å²) in [6.45, 7) is 4.37. The lowest BCUT2D eigenvalue weighted by atomic mass is 10.0. The number of carbonyl (C=O) groups is 11. The maximum Gasteiger partial charge on any atom is 0.326 e. The summed E-state index contributed by atoms with van der Waals surface area (Å²) in [5, 5.41) is 57.6. The Balaban J connectivity index is 1.85. The number of guanidine groups is 1. The number of hydrogen-bond acceptors (Lipinski definition) is 17. The SMILES string of the molecule is CSCC[C@H](NC(=O)[C@H](CC(=O)O)N(C)C(=O)[C@H](CCCCN)NC(=O)[C@H](Cc1ccccc1)NC(=O)[C@H](CO)NC(=O)[C@@H](N)Cc1ccc(O)cc1)C(=O)N1CCC[C@H]1C(=O)N[C@@H](CC(C)C)C(=O)N[C@H](C)C(=O)N[C@@H](CCCN=C(N)N)C(=O)O. The number of aliphatic hydroxyl groups excluding tert-OH is 1. The summed E-state index contributed by atoms with van der Waals surface area (Å²) in [6.07, 6.45) is 1.96. The first-order chi connectivity index (χ1) is 41.2. The average Bonchev–Trinajstić information content (AvgIpc) is 4.14. The lowest BCUT2D eigenvalue weighted by molar-refractivity contribution is -0.148. The minimum absolute atomic E-state index is 0.00203. The van der Waals surface area contributed by atoms with Crippen molar-refractivity contribution < 1.29 is 73.2 Å². The summed E-state index contributed by atoms with van der Waals surface area (Å²) in [6, 6.07) is 0.581. The van der Waals surface area contributed by atoms with E-state index in [2.05, 4.69) is 42.2 Å². The van der Waals surface area contributed by atoms with E-state index in [1.54, 1.807) is 62.6 Å². The number of phenols is 1. The van der Waals surface area contributed by atoms with Crippen LogP contribution in [0.15, 0.2) is 59.6 Å². The molecule has 1 heterocycles. The number of aliphatic imine (C=N–C) groups is 1. The molecule has 1 aliphatic rings. The lowest BCUT2D eigenvalue weighted by Gasteiger charge is -2.33. The van der Waals surface area contributed by atoms with Crippen molar-refractivity contribution in [3.63, 3.8) is 0 Å². The number of aliphatic carboxylic acids is 2. The van der Waals surface area contributed by atoms with E-state index in [0.29, 0.717) is 29.7 Å². The maximum atomic E-state index is 14.6. The van der Waals surface area contributed by atoms with Crippen LogP contribution in [0.5, 0.6) is 5.75 Å². The Hall–Kier alpha value is -8.09. The lowest BCUT2D eigenvalue weighted by Crippen LogP contribution is -2.61. The topological polar surface area (TPSA) is 476 Å². The summed E-state index contributed by atoms with van der Waals surface area (Å²) in [5.41, 5.74) is 23.7. The molecule has 2 aromatic rings. The number of benzene rings is 2. The third kappa shape index (κ3) is 25.0. The number of carbonyl (C=O) groups excluding carboxylic acids is 9. The zero-order valence-electron chi connectivity index (χ0n) is 49.9. The van der Waals surface area contributed by atoms with Crippen molar-refractivity contribution >= 4 is 82.8 Å². The Morgan fingerprint density at radius 3 is 1.87 bits per heavy atom. The number of likely N-dealkylation sites (tertiary alicyclic amines) is 1. The van der Waals surface area contributed by atoms with Crippen LogP contribution >= 0.6 is 11.8 Å². The summed E-state index contributed by atoms with van der Waals surface area (Å²) in [5.74, 6) is -10.6. The Morgan fingerprint density at radius 1 is 0.690 bits per heavy atom. The number of likely N-dealkylation sites (N-methyl/N-ethyl adjacent to an activating group) is 1. The molecular formula is C57H88N14O15S. The first-order valence-corrected chi connectivity index (χ1v) is 30.2. The van der Waals surface area contributed by atoms with E-state index in [1.807, 2.05) is 0 Å². The van der Waals surface area contributed by atoms with Gasteiger partial charge in [0.1, 0.15) is 60.1 Å². The molecular weight excluding hydrogens is 1150 g/mol. The highest BCUT2D eigenvalue weighted by atomic mass is 32.2. The van der Waals surface area contributed by atoms with Crippen molar-refractivity contribution in [3.05, 3.63) is 65.7 Å². The molecule has 2 aromatic carbocycles. The van der Waals surface area contributed by atoms with Gasteiger partial charge in [0.25, 0.3) is 0 Å². The van der Waals surface area contributed by atoms with E-state index in [1.165, 1.54) is 35.7 Å². The fourth-order valence-electron chi connectivity index (χ4n) is 9.45. The van der Waals surface area contributed by atoms with Gasteiger partial charge in [-0.2, -0.15) is 11.8 Å². The Labute approximate surface area is 510 Å². The number of aromatic hydroxyl groups is 1. The summed E-state index contributed by atoms with van der Waals surface area (Å²) in [4.78, 5) is 156. The fraction of sp³-hybridized carbons (Fsp3) is 0.579. The minimum Gasteiger partial charge on any atom is -0.508 e. The third-order valence-corrected chi connectivity index (χ3v) is 14.9. The first-order valence-electron chi connectivity index (χ1n) is 28.8. The number of amides is 9. The third-order valence-electron chi connectivity index (χ3n) is 14.2. The molecule has 19 N–H and O–H groups in total. The van der Waals surface area contributed by atoms with Crippen LogP contribution in [-0.4, -0.2) is 207 Å². The second-order valence-corrected chi connectivity index (χ2v) is 22.7. The highest BCUT2D eigenvalue weighted by Crippen LogP contribution is 2.22. The monoisotopic (exact) mass is 1240 g/mol. The molecule has 1 fully saturated rings. The quantitative estimate of drug-likeness (QED) is 0.0184. The van der Waals surface area contributed by atoms with Gasteiger partial charge in [0.05, 0.1) is 19.1 Å². The molecule has 0 saturated carbocycles. The smallest absolute Gasteiger partial charge is 0.326 e. The number of carboxylic acids is 2. The van der Waals surface area contributed by atoms with Crippen LogP contribution in [0.25, 0.3) is 0 Å². The van der Waals surface area contributed by atoms with Crippen LogP contribution in [0, 0.1) is 5.92 Å². The number of thioether (sulfide) groups is 1. The van der Waals surface area contributed by atoms with Gasteiger partial charge in [0.15, 0.2) is 5.96 Å². The molecule has 29 nitrogen and oxygen atoms in total. The van der Waals surface area contributed by atoms with Crippen molar-refractivity contribution in [2.24, 2.45) is 33.8 Å². The molecule has 9 amide bonds. The molecule has 0 spiro atoms. The van der Waals surface area contributed by atoms with Crippen molar-refractivity contribution in [1.29, 1.82) is 0 Å². The number of rotatable bonds is 38. The number of unbranched alkanes of at least 4 members (excludes halogenated alkanes) is 1. The van der Waals surface area contributed by atoms with E-state index in [4.69, 9.17) is 22.9 Å². The average molecular weight is 1240 g/mol. The Bertz CT molecular complexity index is 2670. The first kappa shape index (κ1) is 73.2. The molecule has 0 aliphatic carbocycles. The van der Waals surface area contributed by atoms with Gasteiger partial charge in [-0.15, -0.1) is 0 Å². The van der Waals surface area contributed by atoms with Crippen molar-refractivity contribution in [3.8, 4) is 5.75 Å². The Morgan fingerprint density at radius 2 is 1.28 bits per heavy atom. The highest BCUT2D eigenvalue weighted by molar-refractivity contribution is 7.98. The zero-order valence-corrected chi connectivity index (χ0v) is 50.7. The minimum atomic E-state index is -1.79. The number of nitrogens with two attached hydrogens (primary N) is 4. The molecule has 1 saturated heterocycles. The standard InChI is InChI=1S/C57H88N14O15S/c1-32(2)27-41(49(78)63-33(3)47(76)66-40(56(85)86)16-11-24-62-57(60)61)68-52(81)44-17-12-25-71(44)55(84)39(22-26-87-5)65-53(82)45(30-46(74)75)70(4)54(83)38(15-9-10-23-58)64-50(79)42(29-34-13-7-6-8-14-34)67-51(80)43(31-72)69-48(77)37(59)28-35-18-20-36(73)21-19-35/h6-8,13-14,18-21,32-33,37-45,72-73H,9-12,15-17,22-31,58-59H2,1-5H3,(H,63,78)(H,64,79)(H,65,82)(H,66,76)(H,67,80)(H,68,81)(H,69,77)(H,74,75)(H,85,86)(H4,60,61,62)/t33-,37+,38+,39+,40+,41+,42+,43+,44+,45+/m1/s1. The van der Waals surface area contributed by atoms with Gasteiger partial charge < -0.3 is 90.4 Å². The van der Waals surface area contributed by atoms with Gasteiger partial charge in [-0.1, -0.05) is 56.3 Å². The van der Waals surface area contributed by atoms with Gasteiger partial charge >= 0.3 is 11.9 Å². The maximum absolute atomic E-state index is 14.6. The number of nitrogens with zero attached hydrogens (tertiary/aromatic N) is 3. The van der Waals surface area contributed by atoms with E-state index in [-0.39, 0.29) is 95.0 Å². The zero-order chi connectivity index (χ0) is 64.9. The van der Waals surface area contributed by atoms with Crippen LogP contribution in [0.4, 0.5) is 0 Å². The normalized spacial score (nSPS) is 16.0. The number of hydrogen-bond donors (Lipinski definition) is 15. The van der Waals surface area contributed by atoms with Gasteiger partial charge in [0.2, 0.25) is 53.2 Å². The molecule has 3 rings (SSSR count). The van der Waals surface area contributed by atoms with E-state index in [0.717, 1.165) is 11.9 Å². The van der Waals surface area contributed by atoms with E-state index < -0.39 is 139 Å². The predicted octanol–water partition coefficient (Wildman–Crippen LogP) is -2.73. The predicted molar refractivity (Wildman–Crippen MR) is 323 cm³/mol. The molecule has 0 radical (unpaired) electrons. The fourth-order valence-corrected chi connectivity index (χ4v) is 9.92. The van der Waals surface area contributed by atoms with Crippen molar-refractivity contribution in [2.45, 2.75) is 158 Å². The van der Waals surface area contributed by atoms with Crippen molar-refractivity contribution in [2.75, 3.05) is 45.3 Å². The van der Waals surface area contributed by atoms with Gasteiger partial charge in [-0.25, -0.2) is 4.79 Å². The molecule has 0 unspecified atom stereocenters. The number of aliphatic hydroxyl groups is 1. The van der Waals surface area contributed by atoms with E-state index in [9.17, 15) is 73.2 Å². The van der Waals surface area contributed by atoms with Crippen molar-refractivity contribution in [1.82, 2.24) is 47.0 Å². The highest BCUT2D eigenvalue weighted by Gasteiger charge is 2.42. The van der Waals surface area contributed by atoms with Gasteiger partial charge in [-0.3, -0.25) is 52.9 Å². The second-order valence-electron chi connectivity index (χ2n) is 21.7. The number of phenolic OH excluding ortho intramolecular Hbond substituents is 1. The molecule has 0 aromatic heterocycles. The largest absolute Gasteiger partial charge is 0.508 e. The molecule has 30 heteroatoms. The Kier molecular flexibility index (Phi) is 31.5. The molecule has 0 bridgehead atoms.